The Hall–Kier alpha value is -2.27. The lowest BCUT2D eigenvalue weighted by molar-refractivity contribution is -0.384. The van der Waals surface area contributed by atoms with E-state index in [0.29, 0.717) is 5.02 Å². The largest absolute Gasteiger partial charge is 0.368 e. The summed E-state index contributed by atoms with van der Waals surface area (Å²) in [5.41, 5.74) is 2.11. The fourth-order valence-corrected chi connectivity index (χ4v) is 3.00. The van der Waals surface area contributed by atoms with Crippen molar-refractivity contribution in [1.82, 2.24) is 0 Å². The molecular formula is C16H16ClN3O2. The number of para-hydroxylation sites is 1. The van der Waals surface area contributed by atoms with Gasteiger partial charge >= 0.3 is 0 Å². The molecule has 0 bridgehead atoms. The highest BCUT2D eigenvalue weighted by Crippen LogP contribution is 2.30. The van der Waals surface area contributed by atoms with E-state index in [9.17, 15) is 10.1 Å². The maximum absolute atomic E-state index is 10.8. The summed E-state index contributed by atoms with van der Waals surface area (Å²) in [6, 6.07) is 15.0. The number of nitro groups is 1. The molecule has 22 heavy (non-hydrogen) atoms. The van der Waals surface area contributed by atoms with E-state index in [1.54, 1.807) is 6.07 Å². The van der Waals surface area contributed by atoms with Crippen LogP contribution in [0.25, 0.3) is 0 Å². The number of piperazine rings is 1. The first kappa shape index (κ1) is 14.7. The van der Waals surface area contributed by atoms with Crippen molar-refractivity contribution in [3.63, 3.8) is 0 Å². The van der Waals surface area contributed by atoms with Crippen LogP contribution >= 0.6 is 11.6 Å². The molecule has 0 spiro atoms. The second-order valence-electron chi connectivity index (χ2n) is 5.20. The second kappa shape index (κ2) is 6.23. The predicted octanol–water partition coefficient (Wildman–Crippen LogP) is 3.57. The zero-order valence-electron chi connectivity index (χ0n) is 12.0. The van der Waals surface area contributed by atoms with E-state index in [1.807, 2.05) is 18.2 Å². The van der Waals surface area contributed by atoms with Crippen molar-refractivity contribution in [1.29, 1.82) is 0 Å². The van der Waals surface area contributed by atoms with Gasteiger partial charge < -0.3 is 9.80 Å². The Kier molecular flexibility index (Phi) is 4.15. The number of rotatable bonds is 3. The molecular weight excluding hydrogens is 302 g/mol. The normalized spacial score (nSPS) is 15.0. The number of anilines is 2. The van der Waals surface area contributed by atoms with Gasteiger partial charge in [-0.15, -0.1) is 0 Å². The Balaban J connectivity index is 1.70. The van der Waals surface area contributed by atoms with Gasteiger partial charge in [0.05, 0.1) is 15.6 Å². The van der Waals surface area contributed by atoms with Gasteiger partial charge in [-0.2, -0.15) is 0 Å². The first-order valence-electron chi connectivity index (χ1n) is 7.14. The number of hydrogen-bond acceptors (Lipinski definition) is 4. The molecule has 1 fully saturated rings. The lowest BCUT2D eigenvalue weighted by atomic mass is 10.2. The van der Waals surface area contributed by atoms with Crippen LogP contribution in [0.5, 0.6) is 0 Å². The van der Waals surface area contributed by atoms with E-state index in [4.69, 9.17) is 11.6 Å². The minimum Gasteiger partial charge on any atom is -0.368 e. The molecule has 5 nitrogen and oxygen atoms in total. The van der Waals surface area contributed by atoms with E-state index in [1.165, 1.54) is 17.8 Å². The minimum atomic E-state index is -0.428. The van der Waals surface area contributed by atoms with E-state index in [0.717, 1.165) is 31.9 Å². The molecule has 6 heteroatoms. The second-order valence-corrected chi connectivity index (χ2v) is 5.61. The van der Waals surface area contributed by atoms with Crippen molar-refractivity contribution in [2.45, 2.75) is 0 Å². The van der Waals surface area contributed by atoms with Gasteiger partial charge in [0.1, 0.15) is 0 Å². The maximum Gasteiger partial charge on any atom is 0.271 e. The average Bonchev–Trinajstić information content (AvgIpc) is 2.56. The number of non-ortho nitro benzene ring substituents is 1. The Morgan fingerprint density at radius 3 is 2.18 bits per heavy atom. The van der Waals surface area contributed by atoms with Gasteiger partial charge in [0.2, 0.25) is 0 Å². The maximum atomic E-state index is 10.8. The fourth-order valence-electron chi connectivity index (χ4n) is 2.71. The minimum absolute atomic E-state index is 0.0247. The molecule has 1 heterocycles. The van der Waals surface area contributed by atoms with Crippen molar-refractivity contribution < 1.29 is 4.92 Å². The van der Waals surface area contributed by atoms with Crippen molar-refractivity contribution >= 4 is 28.7 Å². The van der Waals surface area contributed by atoms with Gasteiger partial charge in [-0.1, -0.05) is 29.8 Å². The van der Waals surface area contributed by atoms with Crippen LogP contribution in [0.15, 0.2) is 48.5 Å². The van der Waals surface area contributed by atoms with Crippen LogP contribution in [-0.4, -0.2) is 31.1 Å². The molecule has 0 radical (unpaired) electrons. The summed E-state index contributed by atoms with van der Waals surface area (Å²) in [6.07, 6.45) is 0. The molecule has 1 aliphatic heterocycles. The topological polar surface area (TPSA) is 49.6 Å². The smallest absolute Gasteiger partial charge is 0.271 e. The van der Waals surface area contributed by atoms with Gasteiger partial charge in [-0.25, -0.2) is 0 Å². The van der Waals surface area contributed by atoms with Crippen molar-refractivity contribution in [3.05, 3.63) is 63.7 Å². The van der Waals surface area contributed by atoms with Gasteiger partial charge in [0.25, 0.3) is 5.69 Å². The molecule has 0 atom stereocenters. The average molecular weight is 318 g/mol. The van der Waals surface area contributed by atoms with Gasteiger partial charge in [0.15, 0.2) is 0 Å². The Labute approximate surface area is 133 Å². The van der Waals surface area contributed by atoms with Crippen LogP contribution in [0.3, 0.4) is 0 Å². The number of nitrogens with zero attached hydrogens (tertiary/aromatic N) is 3. The summed E-state index contributed by atoms with van der Waals surface area (Å²) in [6.45, 7) is 3.48. The lowest BCUT2D eigenvalue weighted by Crippen LogP contribution is -2.46. The molecule has 2 aromatic rings. The van der Waals surface area contributed by atoms with Crippen LogP contribution in [0.1, 0.15) is 0 Å². The lowest BCUT2D eigenvalue weighted by Gasteiger charge is -2.37. The van der Waals surface area contributed by atoms with Crippen LogP contribution in [0.4, 0.5) is 17.1 Å². The summed E-state index contributed by atoms with van der Waals surface area (Å²) in [5.74, 6) is 0. The van der Waals surface area contributed by atoms with Gasteiger partial charge in [0, 0.05) is 44.0 Å². The third-order valence-electron chi connectivity index (χ3n) is 3.88. The predicted molar refractivity (Wildman–Crippen MR) is 89.0 cm³/mol. The number of nitro benzene ring substituents is 1. The van der Waals surface area contributed by atoms with E-state index < -0.39 is 4.92 Å². The molecule has 114 valence electrons. The molecule has 1 aliphatic rings. The third-order valence-corrected chi connectivity index (χ3v) is 4.19. The van der Waals surface area contributed by atoms with Crippen molar-refractivity contribution in [2.75, 3.05) is 36.0 Å². The first-order valence-corrected chi connectivity index (χ1v) is 7.52. The van der Waals surface area contributed by atoms with Crippen LogP contribution < -0.4 is 9.80 Å². The molecule has 0 aliphatic carbocycles. The molecule has 3 rings (SSSR count). The summed E-state index contributed by atoms with van der Waals surface area (Å²) < 4.78 is 0. The van der Waals surface area contributed by atoms with Gasteiger partial charge in [-0.05, 0) is 18.2 Å². The highest BCUT2D eigenvalue weighted by atomic mass is 35.5. The Morgan fingerprint density at radius 2 is 1.59 bits per heavy atom. The highest BCUT2D eigenvalue weighted by molar-refractivity contribution is 6.33. The van der Waals surface area contributed by atoms with Crippen LogP contribution in [0, 0.1) is 10.1 Å². The van der Waals surface area contributed by atoms with Crippen molar-refractivity contribution in [2.24, 2.45) is 0 Å². The zero-order valence-corrected chi connectivity index (χ0v) is 12.7. The van der Waals surface area contributed by atoms with E-state index in [-0.39, 0.29) is 5.69 Å². The Morgan fingerprint density at radius 1 is 0.955 bits per heavy atom. The van der Waals surface area contributed by atoms with Crippen LogP contribution in [0.2, 0.25) is 5.02 Å². The standard InChI is InChI=1S/C16H16ClN3O2/c17-15-12-14(20(21)22)6-7-16(15)19-10-8-18(9-11-19)13-4-2-1-3-5-13/h1-7,12H,8-11H2. The van der Waals surface area contributed by atoms with E-state index in [2.05, 4.69) is 21.9 Å². The first-order chi connectivity index (χ1) is 10.6. The molecule has 1 saturated heterocycles. The number of hydrogen-bond donors (Lipinski definition) is 0. The molecule has 0 saturated carbocycles. The van der Waals surface area contributed by atoms with Gasteiger partial charge in [-0.3, -0.25) is 10.1 Å². The Bertz CT molecular complexity index is 670. The molecule has 0 amide bonds. The summed E-state index contributed by atoms with van der Waals surface area (Å²) in [5, 5.41) is 11.2. The molecule has 0 unspecified atom stereocenters. The highest BCUT2D eigenvalue weighted by Gasteiger charge is 2.20. The summed E-state index contributed by atoms with van der Waals surface area (Å²) in [4.78, 5) is 14.8. The SMILES string of the molecule is O=[N+]([O-])c1ccc(N2CCN(c3ccccc3)CC2)c(Cl)c1. The summed E-state index contributed by atoms with van der Waals surface area (Å²) >= 11 is 6.20. The number of benzene rings is 2. The quantitative estimate of drug-likeness (QED) is 0.641. The fraction of sp³-hybridized carbons (Fsp3) is 0.250. The molecule has 0 N–H and O–H groups in total. The van der Waals surface area contributed by atoms with Crippen LogP contribution in [-0.2, 0) is 0 Å². The monoisotopic (exact) mass is 317 g/mol. The third kappa shape index (κ3) is 2.99. The molecule has 0 aromatic heterocycles. The van der Waals surface area contributed by atoms with Crippen molar-refractivity contribution in [3.8, 4) is 0 Å². The zero-order chi connectivity index (χ0) is 15.5. The molecule has 2 aromatic carbocycles. The number of halogens is 1. The summed E-state index contributed by atoms with van der Waals surface area (Å²) in [7, 11) is 0. The van der Waals surface area contributed by atoms with E-state index >= 15 is 0 Å².